The van der Waals surface area contributed by atoms with Crippen molar-refractivity contribution >= 4 is 47.1 Å². The van der Waals surface area contributed by atoms with Crippen LogP contribution in [-0.4, -0.2) is 76.3 Å². The molecule has 47 heavy (non-hydrogen) atoms. The number of amides is 5. The molecule has 14 heteroatoms. The molecule has 1 saturated carbocycles. The topological polar surface area (TPSA) is 231 Å². The second-order valence-corrected chi connectivity index (χ2v) is 12.6. The van der Waals surface area contributed by atoms with Crippen LogP contribution in [0.25, 0.3) is 0 Å². The highest BCUT2D eigenvalue weighted by molar-refractivity contribution is 6.07. The molecular weight excluding hydrogens is 610 g/mol. The van der Waals surface area contributed by atoms with Crippen LogP contribution in [0.1, 0.15) is 136 Å². The number of hydrogen-bond donors (Lipinski definition) is 6. The SMILES string of the molecule is CCCCCCCCCCCCCC(=O)N[C@H](CC(N)=O)C(=O)N[C@@H](C)CCC(=O)CC(=O)NC1(C(=O)CC(=O)NCC(=O)O)CC1. The first-order valence-corrected chi connectivity index (χ1v) is 17.0. The van der Waals surface area contributed by atoms with Crippen LogP contribution in [0, 0.1) is 0 Å². The zero-order valence-corrected chi connectivity index (χ0v) is 28.1. The number of carbonyl (C=O) groups is 8. The van der Waals surface area contributed by atoms with Crippen molar-refractivity contribution in [2.75, 3.05) is 6.54 Å². The van der Waals surface area contributed by atoms with E-state index in [0.717, 1.165) is 19.3 Å². The predicted molar refractivity (Wildman–Crippen MR) is 174 cm³/mol. The molecule has 1 rings (SSSR count). The molecule has 0 radical (unpaired) electrons. The number of nitrogens with two attached hydrogens (primary N) is 1. The molecule has 2 atom stereocenters. The number of ketones is 2. The van der Waals surface area contributed by atoms with Gasteiger partial charge in [-0.2, -0.15) is 0 Å². The van der Waals surface area contributed by atoms with Crippen molar-refractivity contribution in [2.24, 2.45) is 5.73 Å². The van der Waals surface area contributed by atoms with Gasteiger partial charge in [0.25, 0.3) is 0 Å². The van der Waals surface area contributed by atoms with E-state index >= 15 is 0 Å². The van der Waals surface area contributed by atoms with Crippen LogP contribution >= 0.6 is 0 Å². The Hall–Kier alpha value is -3.84. The fourth-order valence-corrected chi connectivity index (χ4v) is 5.15. The zero-order chi connectivity index (χ0) is 35.2. The lowest BCUT2D eigenvalue weighted by Crippen LogP contribution is -2.50. The van der Waals surface area contributed by atoms with Crippen molar-refractivity contribution < 1.29 is 43.5 Å². The van der Waals surface area contributed by atoms with E-state index in [1.54, 1.807) is 6.92 Å². The fraction of sp³-hybridized carbons (Fsp3) is 0.758. The van der Waals surface area contributed by atoms with Gasteiger partial charge in [0.2, 0.25) is 29.5 Å². The van der Waals surface area contributed by atoms with Crippen LogP contribution < -0.4 is 27.0 Å². The standard InChI is InChI=1S/C33H55N5O9/c1-3-4-5-6-7-8-9-10-11-12-13-14-28(42)37-25(20-27(34)41)32(47)36-23(2)15-16-24(39)19-30(44)38-33(17-18-33)26(40)21-29(43)35-22-31(45)46/h23,25H,3-22H2,1-2H3,(H2,34,41)(H,35,43)(H,36,47)(H,37,42)(H,38,44)(H,45,46)/t23-,25+/m0/s1. The van der Waals surface area contributed by atoms with Gasteiger partial charge in [0, 0.05) is 18.9 Å². The number of nitrogens with one attached hydrogen (secondary N) is 4. The van der Waals surface area contributed by atoms with Crippen LogP contribution in [-0.2, 0) is 38.4 Å². The van der Waals surface area contributed by atoms with Gasteiger partial charge < -0.3 is 32.1 Å². The number of aliphatic carboxylic acids is 1. The highest BCUT2D eigenvalue weighted by Crippen LogP contribution is 2.37. The zero-order valence-electron chi connectivity index (χ0n) is 28.1. The third-order valence-corrected chi connectivity index (χ3v) is 8.09. The number of Topliss-reactive ketones (excluding diaryl/α,β-unsaturated/α-hetero) is 2. The first-order valence-electron chi connectivity index (χ1n) is 17.0. The third-order valence-electron chi connectivity index (χ3n) is 8.09. The summed E-state index contributed by atoms with van der Waals surface area (Å²) in [6.45, 7) is 3.22. The maximum absolute atomic E-state index is 12.8. The molecule has 0 bridgehead atoms. The molecule has 14 nitrogen and oxygen atoms in total. The molecule has 0 saturated heterocycles. The molecule has 0 aliphatic heterocycles. The monoisotopic (exact) mass is 665 g/mol. The molecular formula is C33H55N5O9. The van der Waals surface area contributed by atoms with E-state index in [1.165, 1.54) is 44.9 Å². The van der Waals surface area contributed by atoms with Crippen LogP contribution in [0.4, 0.5) is 0 Å². The Bertz CT molecular complexity index is 1090. The molecule has 0 aromatic carbocycles. The molecule has 1 aliphatic rings. The first-order chi connectivity index (χ1) is 22.3. The molecule has 266 valence electrons. The van der Waals surface area contributed by atoms with E-state index in [0.29, 0.717) is 19.3 Å². The second kappa shape index (κ2) is 22.6. The van der Waals surface area contributed by atoms with Gasteiger partial charge in [-0.05, 0) is 32.6 Å². The lowest BCUT2D eigenvalue weighted by Gasteiger charge is -2.20. The van der Waals surface area contributed by atoms with Gasteiger partial charge in [-0.1, -0.05) is 71.1 Å². The molecule has 0 aromatic rings. The largest absolute Gasteiger partial charge is 0.480 e. The van der Waals surface area contributed by atoms with Crippen molar-refractivity contribution in [1.82, 2.24) is 21.3 Å². The van der Waals surface area contributed by atoms with Gasteiger partial charge in [-0.3, -0.25) is 38.4 Å². The van der Waals surface area contributed by atoms with Crippen molar-refractivity contribution in [3.8, 4) is 0 Å². The summed E-state index contributed by atoms with van der Waals surface area (Å²) >= 11 is 0. The third kappa shape index (κ3) is 19.4. The van der Waals surface area contributed by atoms with Gasteiger partial charge in [0.1, 0.15) is 18.4 Å². The maximum atomic E-state index is 12.8. The lowest BCUT2D eigenvalue weighted by molar-refractivity contribution is -0.139. The van der Waals surface area contributed by atoms with Crippen molar-refractivity contribution in [1.29, 1.82) is 0 Å². The normalized spacial score (nSPS) is 14.3. The van der Waals surface area contributed by atoms with Crippen LogP contribution in [0.3, 0.4) is 0 Å². The average Bonchev–Trinajstić information content (AvgIpc) is 3.77. The van der Waals surface area contributed by atoms with Gasteiger partial charge in [-0.15, -0.1) is 0 Å². The number of primary amides is 1. The quantitative estimate of drug-likeness (QED) is 0.0530. The summed E-state index contributed by atoms with van der Waals surface area (Å²) in [4.78, 5) is 96.4. The van der Waals surface area contributed by atoms with Crippen LogP contribution in [0.15, 0.2) is 0 Å². The van der Waals surface area contributed by atoms with Crippen molar-refractivity contribution in [3.63, 3.8) is 0 Å². The number of carboxylic acid groups (broad SMARTS) is 1. The molecule has 0 aromatic heterocycles. The second-order valence-electron chi connectivity index (χ2n) is 12.6. The Balaban J connectivity index is 2.36. The molecule has 1 aliphatic carbocycles. The summed E-state index contributed by atoms with van der Waals surface area (Å²) in [5, 5.41) is 18.5. The number of carbonyl (C=O) groups excluding carboxylic acids is 7. The van der Waals surface area contributed by atoms with Gasteiger partial charge in [0.05, 0.1) is 24.8 Å². The van der Waals surface area contributed by atoms with Crippen LogP contribution in [0.5, 0.6) is 0 Å². The maximum Gasteiger partial charge on any atom is 0.322 e. The summed E-state index contributed by atoms with van der Waals surface area (Å²) in [5.41, 5.74) is 4.07. The first kappa shape index (κ1) is 41.2. The Kier molecular flexibility index (Phi) is 19.8. The summed E-state index contributed by atoms with van der Waals surface area (Å²) in [5.74, 6) is -5.39. The summed E-state index contributed by atoms with van der Waals surface area (Å²) < 4.78 is 0. The number of carboxylic acids is 1. The molecule has 0 spiro atoms. The molecule has 0 unspecified atom stereocenters. The number of hydrogen-bond acceptors (Lipinski definition) is 8. The highest BCUT2D eigenvalue weighted by Gasteiger charge is 2.51. The van der Waals surface area contributed by atoms with E-state index in [2.05, 4.69) is 28.2 Å². The number of rotatable bonds is 28. The van der Waals surface area contributed by atoms with Crippen molar-refractivity contribution in [2.45, 2.75) is 153 Å². The van der Waals surface area contributed by atoms with E-state index in [-0.39, 0.29) is 31.6 Å². The van der Waals surface area contributed by atoms with E-state index in [9.17, 15) is 38.4 Å². The van der Waals surface area contributed by atoms with Crippen LogP contribution in [0.2, 0.25) is 0 Å². The number of unbranched alkanes of at least 4 members (excludes halogenated alkanes) is 10. The highest BCUT2D eigenvalue weighted by atomic mass is 16.4. The molecule has 5 amide bonds. The molecule has 0 heterocycles. The Morgan fingerprint density at radius 3 is 1.85 bits per heavy atom. The molecule has 1 fully saturated rings. The average molecular weight is 666 g/mol. The summed E-state index contributed by atoms with van der Waals surface area (Å²) in [7, 11) is 0. The lowest BCUT2D eigenvalue weighted by atomic mass is 10.0. The Labute approximate surface area is 277 Å². The fourth-order valence-electron chi connectivity index (χ4n) is 5.15. The smallest absolute Gasteiger partial charge is 0.322 e. The minimum atomic E-state index is -1.25. The molecule has 7 N–H and O–H groups in total. The van der Waals surface area contributed by atoms with E-state index in [1.807, 2.05) is 0 Å². The van der Waals surface area contributed by atoms with Gasteiger partial charge >= 0.3 is 5.97 Å². The van der Waals surface area contributed by atoms with Crippen molar-refractivity contribution in [3.05, 3.63) is 0 Å². The van der Waals surface area contributed by atoms with Gasteiger partial charge in [0.15, 0.2) is 5.78 Å². The van der Waals surface area contributed by atoms with E-state index in [4.69, 9.17) is 10.8 Å². The Morgan fingerprint density at radius 1 is 0.745 bits per heavy atom. The predicted octanol–water partition coefficient (Wildman–Crippen LogP) is 2.10. The summed E-state index contributed by atoms with van der Waals surface area (Å²) in [6, 6.07) is -1.66. The van der Waals surface area contributed by atoms with Gasteiger partial charge in [-0.25, -0.2) is 0 Å². The minimum Gasteiger partial charge on any atom is -0.480 e. The Morgan fingerprint density at radius 2 is 1.32 bits per heavy atom. The summed E-state index contributed by atoms with van der Waals surface area (Å²) in [6.07, 6.45) is 12.1. The van der Waals surface area contributed by atoms with E-state index < -0.39 is 78.2 Å². The minimum absolute atomic E-state index is 0.0564.